The van der Waals surface area contributed by atoms with Crippen LogP contribution in [0.25, 0.3) is 0 Å². The van der Waals surface area contributed by atoms with Crippen molar-refractivity contribution in [3.05, 3.63) is 70.8 Å². The van der Waals surface area contributed by atoms with E-state index in [0.717, 1.165) is 16.0 Å². The fourth-order valence-electron chi connectivity index (χ4n) is 10.4. The van der Waals surface area contributed by atoms with Crippen LogP contribution in [0.3, 0.4) is 0 Å². The fraction of sp³-hybridized carbons (Fsp3) is 0.581. The van der Waals surface area contributed by atoms with Gasteiger partial charge in [-0.15, -0.1) is 0 Å². The average molecular weight is 1270 g/mol. The fourth-order valence-corrected chi connectivity index (χ4v) is 10.7. The van der Waals surface area contributed by atoms with Crippen LogP contribution in [0.15, 0.2) is 60.2 Å². The van der Waals surface area contributed by atoms with Gasteiger partial charge < -0.3 is 80.0 Å². The molecule has 0 aromatic heterocycles. The highest BCUT2D eigenvalue weighted by Gasteiger charge is 2.64. The number of halogens is 1. The molecular weight excluding hydrogens is 1180 g/mol. The van der Waals surface area contributed by atoms with Crippen LogP contribution < -0.4 is 46.7 Å². The number of nitrogens with two attached hydrogens (primary N) is 1. The van der Waals surface area contributed by atoms with Gasteiger partial charge in [-0.25, -0.2) is 14.4 Å². The highest BCUT2D eigenvalue weighted by molar-refractivity contribution is 6.35. The van der Waals surface area contributed by atoms with Crippen molar-refractivity contribution in [1.29, 1.82) is 0 Å². The SMILES string of the molecule is COc1cc2cc(c1Cl)N(C)C(=O)C[C@H](OC(=O)[C@H](C)N(C)C(=O)CCN(C)C(=O)COc1ccc(NC(=O)[C@H](CCCNC(N)=O)NC(=O)[C@@H](NC(=O)CCCCC(C)=O)C(C)C)cc1)[C@]1(C)O[C@H]1[C@H](C)[C@@H]1C[C@@](O)(NC(=O)O1)[C@H](OC)/C=C/C=C(\C)C2. The van der Waals surface area contributed by atoms with Crippen LogP contribution >= 0.6 is 11.6 Å². The van der Waals surface area contributed by atoms with Gasteiger partial charge in [0.05, 0.1) is 25.3 Å². The van der Waals surface area contributed by atoms with Gasteiger partial charge in [0.1, 0.15) is 64.3 Å². The second-order valence-electron chi connectivity index (χ2n) is 23.5. The van der Waals surface area contributed by atoms with E-state index in [-0.39, 0.29) is 73.6 Å². The first-order valence-corrected chi connectivity index (χ1v) is 30.0. The van der Waals surface area contributed by atoms with E-state index >= 15 is 0 Å². The molecule has 27 heteroatoms. The number of hydrogen-bond acceptors (Lipinski definition) is 17. The molecule has 490 valence electrons. The topological polar surface area (TPSA) is 346 Å². The Morgan fingerprint density at radius 1 is 0.955 bits per heavy atom. The minimum atomic E-state index is -1.91. The Balaban J connectivity index is 1.21. The summed E-state index contributed by atoms with van der Waals surface area (Å²) in [5.41, 5.74) is 4.21. The number of aliphatic hydroxyl groups is 1. The van der Waals surface area contributed by atoms with E-state index in [4.69, 9.17) is 45.8 Å². The summed E-state index contributed by atoms with van der Waals surface area (Å²) in [6, 6.07) is 5.54. The van der Waals surface area contributed by atoms with Crippen molar-refractivity contribution in [2.45, 2.75) is 167 Å². The molecule has 5 rings (SSSR count). The third-order valence-electron chi connectivity index (χ3n) is 16.1. The zero-order chi connectivity index (χ0) is 66.1. The lowest BCUT2D eigenvalue weighted by Gasteiger charge is -2.42. The first kappa shape index (κ1) is 71.9. The summed E-state index contributed by atoms with van der Waals surface area (Å²) >= 11 is 6.83. The molecule has 0 saturated carbocycles. The zero-order valence-corrected chi connectivity index (χ0v) is 53.6. The summed E-state index contributed by atoms with van der Waals surface area (Å²) in [7, 11) is 7.26. The Hall–Kier alpha value is -7.81. The third kappa shape index (κ3) is 20.4. The number of carbonyl (C=O) groups excluding carboxylic acids is 10. The number of fused-ring (bicyclic) bond motifs is 5. The van der Waals surface area contributed by atoms with Gasteiger partial charge in [0.2, 0.25) is 29.5 Å². The van der Waals surface area contributed by atoms with Gasteiger partial charge in [0, 0.05) is 78.6 Å². The molecule has 3 aliphatic rings. The predicted octanol–water partition coefficient (Wildman–Crippen LogP) is 4.60. The number of allylic oxidation sites excluding steroid dienone is 3. The number of ether oxygens (including phenoxy) is 6. The average Bonchev–Trinajstić information content (AvgIpc) is 1.61. The van der Waals surface area contributed by atoms with Crippen LogP contribution in [0.1, 0.15) is 112 Å². The van der Waals surface area contributed by atoms with Gasteiger partial charge in [-0.2, -0.15) is 0 Å². The molecule has 2 saturated heterocycles. The van der Waals surface area contributed by atoms with Crippen molar-refractivity contribution in [1.82, 2.24) is 31.1 Å². The van der Waals surface area contributed by atoms with E-state index in [1.807, 2.05) is 13.0 Å². The van der Waals surface area contributed by atoms with Gasteiger partial charge in [-0.05, 0) is 108 Å². The highest BCUT2D eigenvalue weighted by atomic mass is 35.5. The Morgan fingerprint density at radius 2 is 1.64 bits per heavy atom. The second kappa shape index (κ2) is 32.6. The predicted molar refractivity (Wildman–Crippen MR) is 328 cm³/mol. The maximum atomic E-state index is 14.4. The molecule has 9 amide bonds. The van der Waals surface area contributed by atoms with Crippen molar-refractivity contribution in [2.24, 2.45) is 17.6 Å². The van der Waals surface area contributed by atoms with Crippen molar-refractivity contribution in [3.63, 3.8) is 0 Å². The monoisotopic (exact) mass is 1270 g/mol. The Labute approximate surface area is 524 Å². The summed E-state index contributed by atoms with van der Waals surface area (Å²) in [6.45, 7) is 11.3. The number of primary amides is 1. The number of esters is 1. The van der Waals surface area contributed by atoms with Gasteiger partial charge in [0.15, 0.2) is 12.3 Å². The molecule has 3 aliphatic heterocycles. The number of carbonyl (C=O) groups is 10. The zero-order valence-electron chi connectivity index (χ0n) is 52.9. The van der Waals surface area contributed by atoms with Gasteiger partial charge in [-0.3, -0.25) is 34.1 Å². The van der Waals surface area contributed by atoms with E-state index in [1.54, 1.807) is 52.0 Å². The summed E-state index contributed by atoms with van der Waals surface area (Å²) in [5, 5.41) is 25.2. The van der Waals surface area contributed by atoms with E-state index < -0.39 is 120 Å². The number of amides is 9. The smallest absolute Gasteiger partial charge is 0.409 e. The van der Waals surface area contributed by atoms with Crippen molar-refractivity contribution < 1.29 is 81.5 Å². The number of hydrogen-bond donors (Lipinski definition) is 7. The minimum Gasteiger partial charge on any atom is -0.495 e. The first-order chi connectivity index (χ1) is 41.9. The molecular formula is C62H88ClN9O17. The largest absolute Gasteiger partial charge is 0.495 e. The summed E-state index contributed by atoms with van der Waals surface area (Å²) in [6.07, 6.45) is 1.71. The van der Waals surface area contributed by atoms with Crippen LogP contribution in [0.5, 0.6) is 11.5 Å². The second-order valence-corrected chi connectivity index (χ2v) is 23.8. The van der Waals surface area contributed by atoms with Gasteiger partial charge >= 0.3 is 18.1 Å². The molecule has 2 aromatic carbocycles. The number of alkyl carbamates (subject to hydrolysis) is 1. The molecule has 3 heterocycles. The Kier molecular flexibility index (Phi) is 26.4. The van der Waals surface area contributed by atoms with Gasteiger partial charge in [0.25, 0.3) is 5.91 Å². The molecule has 2 fully saturated rings. The number of rotatable bonds is 26. The van der Waals surface area contributed by atoms with Crippen molar-refractivity contribution >= 4 is 82.3 Å². The lowest BCUT2D eigenvalue weighted by atomic mass is 9.83. The Bertz CT molecular complexity index is 2960. The van der Waals surface area contributed by atoms with Crippen molar-refractivity contribution in [3.8, 4) is 11.5 Å². The summed E-state index contributed by atoms with van der Waals surface area (Å²) in [4.78, 5) is 135. The number of anilines is 2. The molecule has 26 nitrogen and oxygen atoms in total. The standard InChI is InChI=1S/C62H88ClN9O17/c1-35(2)54(68-49(74)21-14-13-18-37(4)73)57(79)67-43(19-16-27-65-59(64)81)56(78)66-41-22-24-42(25-23-41)86-34-52(77)70(8)28-26-50(75)71(9)39(6)58(80)88-48-32-51(76)72(10)44-30-40(31-45(84-11)53(44)63)29-36(3)17-15-20-47(85-12)62(83)33-46(87-60(82)69-62)38(5)55-61(48,7)89-55/h15,17,20,22-25,30-31,35,38-39,43,46-48,54-55,83H,13-14,16,18-19,21,26-29,32-34H2,1-12H3,(H,66,78)(H,67,79)(H,68,74)(H,69,82)(H3,64,65,81)/b20-15+,36-17+/t38-,39+,43+,46+,47-,48+,54+,55+,61+,62+/m1/s1. The molecule has 0 unspecified atom stereocenters. The maximum Gasteiger partial charge on any atom is 0.409 e. The quantitative estimate of drug-likeness (QED) is 0.0384. The number of nitrogens with one attached hydrogen (secondary N) is 5. The van der Waals surface area contributed by atoms with Crippen LogP contribution in [0.4, 0.5) is 21.0 Å². The normalized spacial score (nSPS) is 23.7. The van der Waals surface area contributed by atoms with E-state index in [2.05, 4.69) is 26.6 Å². The number of Topliss-reactive ketones (excluding diaryl/α,β-unsaturated/α-hetero) is 1. The molecule has 0 radical (unpaired) electrons. The molecule has 2 aromatic rings. The molecule has 89 heavy (non-hydrogen) atoms. The van der Waals surface area contributed by atoms with Crippen molar-refractivity contribution in [2.75, 3.05) is 65.3 Å². The number of epoxide rings is 1. The number of urea groups is 1. The third-order valence-corrected chi connectivity index (χ3v) is 16.5. The number of likely N-dealkylation sites (N-methyl/N-ethyl adjacent to an activating group) is 2. The molecule has 0 spiro atoms. The summed E-state index contributed by atoms with van der Waals surface area (Å²) < 4.78 is 35.2. The number of ketones is 1. The number of unbranched alkanes of at least 4 members (excludes halogenated alkanes) is 1. The number of methoxy groups -OCH3 is 2. The molecule has 10 atom stereocenters. The van der Waals surface area contributed by atoms with E-state index in [9.17, 15) is 53.1 Å². The lowest BCUT2D eigenvalue weighted by molar-refractivity contribution is -0.162. The van der Waals surface area contributed by atoms with Crippen LogP contribution in [0, 0.1) is 11.8 Å². The number of benzene rings is 2. The minimum absolute atomic E-state index is 0.0172. The van der Waals surface area contributed by atoms with Gasteiger partial charge in [-0.1, -0.05) is 56.2 Å². The highest BCUT2D eigenvalue weighted by Crippen LogP contribution is 2.49. The molecule has 4 bridgehead atoms. The van der Waals surface area contributed by atoms with Crippen LogP contribution in [-0.4, -0.2) is 183 Å². The summed E-state index contributed by atoms with van der Waals surface area (Å²) in [5.74, 6) is -4.35. The first-order valence-electron chi connectivity index (χ1n) is 29.7. The maximum absolute atomic E-state index is 14.4. The van der Waals surface area contributed by atoms with Crippen LogP contribution in [0.2, 0.25) is 5.02 Å². The molecule has 0 aliphatic carbocycles. The molecule has 8 N–H and O–H groups in total. The lowest BCUT2D eigenvalue weighted by Crippen LogP contribution is -2.63. The van der Waals surface area contributed by atoms with E-state index in [1.165, 1.54) is 83.3 Å². The van der Waals surface area contributed by atoms with E-state index in [0.29, 0.717) is 42.8 Å². The van der Waals surface area contributed by atoms with Crippen LogP contribution in [-0.2, 0) is 63.7 Å². The Morgan fingerprint density at radius 3 is 2.28 bits per heavy atom. The number of nitrogens with zero attached hydrogens (tertiary/aromatic N) is 3.